The van der Waals surface area contributed by atoms with E-state index in [2.05, 4.69) is 198 Å². The van der Waals surface area contributed by atoms with Crippen molar-refractivity contribution in [1.29, 1.82) is 0 Å². The maximum Gasteiger partial charge on any atom is 0.143 e. The Bertz CT molecular complexity index is 3480. The van der Waals surface area contributed by atoms with E-state index in [0.717, 1.165) is 99.9 Å². The first-order valence-electron chi connectivity index (χ1n) is 19.7. The number of rotatable bonds is 6. The number of furan rings is 2. The fourth-order valence-corrected chi connectivity index (χ4v) is 9.07. The van der Waals surface area contributed by atoms with E-state index in [-0.39, 0.29) is 0 Å². The van der Waals surface area contributed by atoms with E-state index in [1.807, 2.05) is 18.2 Å². The second kappa shape index (κ2) is 12.9. The molecule has 12 aromatic rings. The third-order valence-corrected chi connectivity index (χ3v) is 11.6. The SMILES string of the molecule is c1ccc(N(c2cccc(-c3cccc4oc5ccccc5c34)c2)c2cc(-c3ccccc3-n3c4ccccc4c4ccccc43)c3oc4ccccc4c3c2)cc1. The average Bonchev–Trinajstić information content (AvgIpc) is 3.97. The highest BCUT2D eigenvalue weighted by atomic mass is 16.3. The van der Waals surface area contributed by atoms with Gasteiger partial charge in [0.15, 0.2) is 0 Å². The van der Waals surface area contributed by atoms with Gasteiger partial charge in [-0.2, -0.15) is 0 Å². The molecule has 0 atom stereocenters. The van der Waals surface area contributed by atoms with Crippen LogP contribution in [0.15, 0.2) is 215 Å². The van der Waals surface area contributed by atoms with E-state index in [1.165, 1.54) is 10.8 Å². The van der Waals surface area contributed by atoms with Crippen molar-refractivity contribution in [3.8, 4) is 27.9 Å². The summed E-state index contributed by atoms with van der Waals surface area (Å²) in [6.07, 6.45) is 0. The van der Waals surface area contributed by atoms with Crippen molar-refractivity contribution in [2.24, 2.45) is 0 Å². The minimum atomic E-state index is 0.860. The van der Waals surface area contributed by atoms with E-state index in [1.54, 1.807) is 0 Å². The maximum atomic E-state index is 6.84. The Morgan fingerprint density at radius 2 is 0.931 bits per heavy atom. The number of para-hydroxylation sites is 6. The normalized spacial score (nSPS) is 11.8. The van der Waals surface area contributed by atoms with E-state index in [0.29, 0.717) is 0 Å². The van der Waals surface area contributed by atoms with Crippen molar-refractivity contribution in [2.75, 3.05) is 4.90 Å². The molecule has 0 saturated carbocycles. The third kappa shape index (κ3) is 4.95. The first kappa shape index (κ1) is 32.4. The maximum absolute atomic E-state index is 6.84. The first-order valence-corrected chi connectivity index (χ1v) is 19.7. The van der Waals surface area contributed by atoms with Gasteiger partial charge in [-0.3, -0.25) is 0 Å². The van der Waals surface area contributed by atoms with Crippen LogP contribution in [0.5, 0.6) is 0 Å². The number of benzene rings is 9. The van der Waals surface area contributed by atoms with Crippen LogP contribution in [-0.2, 0) is 0 Å². The fourth-order valence-electron chi connectivity index (χ4n) is 9.07. The van der Waals surface area contributed by atoms with Crippen molar-refractivity contribution in [1.82, 2.24) is 4.57 Å². The lowest BCUT2D eigenvalue weighted by Crippen LogP contribution is -2.10. The molecule has 12 rings (SSSR count). The van der Waals surface area contributed by atoms with Gasteiger partial charge >= 0.3 is 0 Å². The monoisotopic (exact) mass is 742 g/mol. The van der Waals surface area contributed by atoms with Gasteiger partial charge in [0.25, 0.3) is 0 Å². The van der Waals surface area contributed by atoms with Crippen LogP contribution < -0.4 is 4.90 Å². The number of fused-ring (bicyclic) bond motifs is 9. The van der Waals surface area contributed by atoms with Gasteiger partial charge in [0.05, 0.1) is 16.7 Å². The molecule has 0 amide bonds. The van der Waals surface area contributed by atoms with Gasteiger partial charge in [-0.25, -0.2) is 0 Å². The number of hydrogen-bond donors (Lipinski definition) is 0. The highest BCUT2D eigenvalue weighted by Gasteiger charge is 2.23. The van der Waals surface area contributed by atoms with Gasteiger partial charge in [-0.05, 0) is 83.9 Å². The molecule has 0 aliphatic heterocycles. The van der Waals surface area contributed by atoms with E-state index < -0.39 is 0 Å². The van der Waals surface area contributed by atoms with Gasteiger partial charge in [0, 0.05) is 60.5 Å². The number of hydrogen-bond acceptors (Lipinski definition) is 3. The number of anilines is 3. The molecule has 0 aliphatic carbocycles. The first-order chi connectivity index (χ1) is 28.8. The Morgan fingerprint density at radius 3 is 1.72 bits per heavy atom. The summed E-state index contributed by atoms with van der Waals surface area (Å²) < 4.78 is 15.6. The van der Waals surface area contributed by atoms with Gasteiger partial charge < -0.3 is 18.3 Å². The molecular formula is C54H34N2O2. The summed E-state index contributed by atoms with van der Waals surface area (Å²) in [4.78, 5) is 2.37. The summed E-state index contributed by atoms with van der Waals surface area (Å²) in [6.45, 7) is 0. The van der Waals surface area contributed by atoms with Gasteiger partial charge in [0.1, 0.15) is 22.3 Å². The van der Waals surface area contributed by atoms with Crippen LogP contribution >= 0.6 is 0 Å². The molecule has 4 nitrogen and oxygen atoms in total. The van der Waals surface area contributed by atoms with Gasteiger partial charge in [-0.1, -0.05) is 133 Å². The van der Waals surface area contributed by atoms with E-state index >= 15 is 0 Å². The van der Waals surface area contributed by atoms with Crippen molar-refractivity contribution in [3.63, 3.8) is 0 Å². The van der Waals surface area contributed by atoms with Gasteiger partial charge in [-0.15, -0.1) is 0 Å². The summed E-state index contributed by atoms with van der Waals surface area (Å²) >= 11 is 0. The summed E-state index contributed by atoms with van der Waals surface area (Å²) in [5.41, 5.74) is 14.4. The van der Waals surface area contributed by atoms with Crippen LogP contribution in [0.1, 0.15) is 0 Å². The molecule has 0 aliphatic rings. The van der Waals surface area contributed by atoms with Crippen molar-refractivity contribution in [3.05, 3.63) is 206 Å². The third-order valence-electron chi connectivity index (χ3n) is 11.6. The molecule has 58 heavy (non-hydrogen) atoms. The Morgan fingerprint density at radius 1 is 0.345 bits per heavy atom. The summed E-state index contributed by atoms with van der Waals surface area (Å²) in [5, 5.41) is 6.83. The Labute approximate surface area is 334 Å². The molecule has 0 spiro atoms. The zero-order valence-corrected chi connectivity index (χ0v) is 31.3. The van der Waals surface area contributed by atoms with Crippen LogP contribution in [0, 0.1) is 0 Å². The molecule has 272 valence electrons. The Kier molecular flexibility index (Phi) is 7.20. The van der Waals surface area contributed by atoms with Crippen molar-refractivity contribution >= 4 is 82.7 Å². The molecule has 0 saturated heterocycles. The molecule has 0 N–H and O–H groups in total. The quantitative estimate of drug-likeness (QED) is 0.170. The lowest BCUT2D eigenvalue weighted by atomic mass is 9.97. The van der Waals surface area contributed by atoms with Crippen LogP contribution in [0.4, 0.5) is 17.1 Å². The average molecular weight is 743 g/mol. The highest BCUT2D eigenvalue weighted by molar-refractivity contribution is 6.15. The predicted molar refractivity (Wildman–Crippen MR) is 241 cm³/mol. The molecule has 3 heterocycles. The lowest BCUT2D eigenvalue weighted by molar-refractivity contribution is 0.669. The van der Waals surface area contributed by atoms with E-state index in [9.17, 15) is 0 Å². The molecule has 0 radical (unpaired) electrons. The highest BCUT2D eigenvalue weighted by Crippen LogP contribution is 2.46. The summed E-state index contributed by atoms with van der Waals surface area (Å²) in [7, 11) is 0. The fraction of sp³-hybridized carbons (Fsp3) is 0. The number of aromatic nitrogens is 1. The zero-order valence-electron chi connectivity index (χ0n) is 31.3. The standard InChI is InChI=1S/C54H34N2O2/c1-2-17-36(18-3-1)55(37-19-14-16-35(32-37)39-25-15-31-52-53(39)44-24-8-13-30-51(44)57-52)38-33-45(54-46(34-38)43-23-7-12-29-50(43)58-54)42-22-6-11-28-49(42)56-47-26-9-4-20-40(47)41-21-5-10-27-48(41)56/h1-34H. The minimum Gasteiger partial charge on any atom is -0.456 e. The molecule has 0 fully saturated rings. The Hall–Kier alpha value is -7.82. The smallest absolute Gasteiger partial charge is 0.143 e. The van der Waals surface area contributed by atoms with Crippen molar-refractivity contribution < 1.29 is 8.83 Å². The molecule has 0 unspecified atom stereocenters. The Balaban J connectivity index is 1.12. The molecule has 0 bridgehead atoms. The van der Waals surface area contributed by atoms with Crippen LogP contribution in [-0.4, -0.2) is 4.57 Å². The second-order valence-corrected chi connectivity index (χ2v) is 14.9. The van der Waals surface area contributed by atoms with Crippen LogP contribution in [0.25, 0.3) is 93.6 Å². The number of nitrogens with zero attached hydrogens (tertiary/aromatic N) is 2. The van der Waals surface area contributed by atoms with Crippen LogP contribution in [0.3, 0.4) is 0 Å². The molecular weight excluding hydrogens is 709 g/mol. The molecule has 9 aromatic carbocycles. The van der Waals surface area contributed by atoms with E-state index in [4.69, 9.17) is 8.83 Å². The van der Waals surface area contributed by atoms with Crippen LogP contribution in [0.2, 0.25) is 0 Å². The topological polar surface area (TPSA) is 34.5 Å². The van der Waals surface area contributed by atoms with Crippen molar-refractivity contribution in [2.45, 2.75) is 0 Å². The second-order valence-electron chi connectivity index (χ2n) is 14.9. The summed E-state index contributed by atoms with van der Waals surface area (Å²) in [6, 6.07) is 73.2. The molecule has 3 aromatic heterocycles. The summed E-state index contributed by atoms with van der Waals surface area (Å²) in [5.74, 6) is 0. The largest absolute Gasteiger partial charge is 0.456 e. The predicted octanol–water partition coefficient (Wildman–Crippen LogP) is 15.4. The molecule has 4 heteroatoms. The lowest BCUT2D eigenvalue weighted by Gasteiger charge is -2.27. The minimum absolute atomic E-state index is 0.860. The van der Waals surface area contributed by atoms with Gasteiger partial charge in [0.2, 0.25) is 0 Å². The zero-order chi connectivity index (χ0) is 38.2.